The van der Waals surface area contributed by atoms with E-state index in [1.54, 1.807) is 24.2 Å². The van der Waals surface area contributed by atoms with E-state index in [9.17, 15) is 4.79 Å². The monoisotopic (exact) mass is 398 g/mol. The van der Waals surface area contributed by atoms with Crippen LogP contribution in [0, 0.1) is 5.92 Å². The minimum Gasteiger partial charge on any atom is -0.466 e. The molecule has 4 rings (SSSR count). The van der Waals surface area contributed by atoms with Gasteiger partial charge in [0.05, 0.1) is 18.2 Å². The number of aryl methyl sites for hydroxylation is 1. The Bertz CT molecular complexity index is 837. The molecule has 1 fully saturated rings. The molecular formula is C21H26N4O2S. The Morgan fingerprint density at radius 1 is 1.29 bits per heavy atom. The molecule has 2 aliphatic heterocycles. The summed E-state index contributed by atoms with van der Waals surface area (Å²) >= 11 is 1.66. The van der Waals surface area contributed by atoms with E-state index in [4.69, 9.17) is 4.74 Å². The summed E-state index contributed by atoms with van der Waals surface area (Å²) in [6, 6.07) is 6.61. The van der Waals surface area contributed by atoms with Crippen LogP contribution in [-0.2, 0) is 16.0 Å². The average molecular weight is 399 g/mol. The number of ether oxygens (including phenoxy) is 1. The van der Waals surface area contributed by atoms with Crippen molar-refractivity contribution in [2.45, 2.75) is 42.5 Å². The smallest absolute Gasteiger partial charge is 0.309 e. The fraction of sp³-hybridized carbons (Fsp3) is 0.476. The second-order valence-electron chi connectivity index (χ2n) is 7.24. The molecule has 0 radical (unpaired) electrons. The number of hydrogen-bond acceptors (Lipinski definition) is 7. The number of anilines is 2. The number of carbonyl (C=O) groups is 1. The fourth-order valence-corrected chi connectivity index (χ4v) is 4.67. The van der Waals surface area contributed by atoms with Crippen molar-refractivity contribution in [3.8, 4) is 0 Å². The zero-order valence-electron chi connectivity index (χ0n) is 16.2. The van der Waals surface area contributed by atoms with E-state index in [2.05, 4.69) is 38.4 Å². The summed E-state index contributed by atoms with van der Waals surface area (Å²) in [4.78, 5) is 24.2. The van der Waals surface area contributed by atoms with Crippen LogP contribution >= 0.6 is 11.8 Å². The minimum atomic E-state index is -0.0205. The summed E-state index contributed by atoms with van der Waals surface area (Å²) in [5.41, 5.74) is 2.45. The van der Waals surface area contributed by atoms with Gasteiger partial charge in [0, 0.05) is 17.3 Å². The van der Waals surface area contributed by atoms with Gasteiger partial charge in [0.2, 0.25) is 0 Å². The van der Waals surface area contributed by atoms with E-state index in [1.807, 2.05) is 6.92 Å². The Balaban J connectivity index is 1.25. The molecular weight excluding hydrogens is 372 g/mol. The number of nitrogens with zero attached hydrogens (tertiary/aromatic N) is 3. The summed E-state index contributed by atoms with van der Waals surface area (Å²) in [5.74, 6) is 0.904. The number of hydrogen-bond donors (Lipinski definition) is 1. The van der Waals surface area contributed by atoms with Crippen molar-refractivity contribution in [2.75, 3.05) is 31.6 Å². The quantitative estimate of drug-likeness (QED) is 0.632. The predicted molar refractivity (Wildman–Crippen MR) is 110 cm³/mol. The average Bonchev–Trinajstić information content (AvgIpc) is 2.73. The molecule has 0 aliphatic carbocycles. The lowest BCUT2D eigenvalue weighted by molar-refractivity contribution is -0.149. The van der Waals surface area contributed by atoms with Gasteiger partial charge in [0.1, 0.15) is 5.03 Å². The van der Waals surface area contributed by atoms with Crippen LogP contribution in [0.25, 0.3) is 0 Å². The van der Waals surface area contributed by atoms with Crippen molar-refractivity contribution < 1.29 is 9.53 Å². The van der Waals surface area contributed by atoms with Crippen LogP contribution in [0.2, 0.25) is 0 Å². The number of carbonyl (C=O) groups excluding carboxylic acids is 1. The zero-order valence-corrected chi connectivity index (χ0v) is 17.0. The van der Waals surface area contributed by atoms with Gasteiger partial charge in [0.15, 0.2) is 5.82 Å². The summed E-state index contributed by atoms with van der Waals surface area (Å²) in [6.07, 6.45) is 7.43. The summed E-state index contributed by atoms with van der Waals surface area (Å²) in [7, 11) is 0. The third kappa shape index (κ3) is 4.47. The van der Waals surface area contributed by atoms with Crippen molar-refractivity contribution in [2.24, 2.45) is 5.92 Å². The van der Waals surface area contributed by atoms with Crippen LogP contribution in [0.15, 0.2) is 40.5 Å². The SMILES string of the molecule is CCOC(=O)C1CCN(CCCc2ccc3c(c2)Nc2nccnc2S3)CC1. The highest BCUT2D eigenvalue weighted by Gasteiger charge is 2.25. The van der Waals surface area contributed by atoms with Crippen molar-refractivity contribution in [3.63, 3.8) is 0 Å². The van der Waals surface area contributed by atoms with Gasteiger partial charge < -0.3 is 15.0 Å². The third-order valence-electron chi connectivity index (χ3n) is 5.32. The van der Waals surface area contributed by atoms with Crippen molar-refractivity contribution in [3.05, 3.63) is 36.2 Å². The molecule has 1 saturated heterocycles. The first kappa shape index (κ1) is 19.2. The van der Waals surface area contributed by atoms with Gasteiger partial charge >= 0.3 is 5.97 Å². The Morgan fingerprint density at radius 3 is 2.93 bits per heavy atom. The largest absolute Gasteiger partial charge is 0.466 e. The van der Waals surface area contributed by atoms with E-state index in [1.165, 1.54) is 10.5 Å². The molecule has 2 aromatic rings. The molecule has 6 nitrogen and oxygen atoms in total. The molecule has 0 saturated carbocycles. The first-order valence-corrected chi connectivity index (χ1v) is 10.8. The lowest BCUT2D eigenvalue weighted by atomic mass is 9.96. The van der Waals surface area contributed by atoms with Crippen molar-refractivity contribution in [1.82, 2.24) is 14.9 Å². The van der Waals surface area contributed by atoms with Gasteiger partial charge in [-0.1, -0.05) is 17.8 Å². The van der Waals surface area contributed by atoms with E-state index in [0.29, 0.717) is 6.61 Å². The van der Waals surface area contributed by atoms with Gasteiger partial charge in [-0.2, -0.15) is 0 Å². The standard InChI is InChI=1S/C21H26N4O2S/c1-2-27-21(26)16-7-12-25(13-8-16)11-3-4-15-5-6-18-17(14-15)24-19-20(28-18)23-10-9-22-19/h5-6,9-10,14,16H,2-4,7-8,11-13H2,1H3,(H,22,24). The minimum absolute atomic E-state index is 0.0205. The number of likely N-dealkylation sites (tertiary alicyclic amines) is 1. The van der Waals surface area contributed by atoms with E-state index in [-0.39, 0.29) is 11.9 Å². The number of rotatable bonds is 6. The third-order valence-corrected chi connectivity index (χ3v) is 6.38. The van der Waals surface area contributed by atoms with Gasteiger partial charge in [-0.05, 0) is 69.9 Å². The normalized spacial score (nSPS) is 16.8. The number of fused-ring (bicyclic) bond motifs is 2. The first-order valence-electron chi connectivity index (χ1n) is 10.0. The number of aromatic nitrogens is 2. The maximum Gasteiger partial charge on any atom is 0.309 e. The molecule has 7 heteroatoms. The Labute approximate surface area is 170 Å². The molecule has 1 aromatic carbocycles. The number of benzene rings is 1. The summed E-state index contributed by atoms with van der Waals surface area (Å²) in [5, 5.41) is 4.32. The molecule has 1 aromatic heterocycles. The van der Waals surface area contributed by atoms with Gasteiger partial charge in [-0.3, -0.25) is 4.79 Å². The second kappa shape index (κ2) is 8.92. The van der Waals surface area contributed by atoms with Crippen LogP contribution in [0.5, 0.6) is 0 Å². The topological polar surface area (TPSA) is 67.3 Å². The molecule has 28 heavy (non-hydrogen) atoms. The molecule has 3 heterocycles. The van der Waals surface area contributed by atoms with Crippen molar-refractivity contribution >= 4 is 29.2 Å². The highest BCUT2D eigenvalue weighted by Crippen LogP contribution is 2.42. The van der Waals surface area contributed by atoms with Crippen molar-refractivity contribution in [1.29, 1.82) is 0 Å². The first-order chi connectivity index (χ1) is 13.7. The molecule has 0 amide bonds. The number of piperidine rings is 1. The Morgan fingerprint density at radius 2 is 2.11 bits per heavy atom. The van der Waals surface area contributed by atoms with Crippen LogP contribution in [0.1, 0.15) is 31.7 Å². The number of esters is 1. The van der Waals surface area contributed by atoms with E-state index < -0.39 is 0 Å². The molecule has 148 valence electrons. The van der Waals surface area contributed by atoms with E-state index >= 15 is 0 Å². The highest BCUT2D eigenvalue weighted by molar-refractivity contribution is 7.99. The van der Waals surface area contributed by atoms with Crippen LogP contribution in [-0.4, -0.2) is 47.1 Å². The van der Waals surface area contributed by atoms with Gasteiger partial charge in [-0.15, -0.1) is 0 Å². The maximum absolute atomic E-state index is 11.8. The molecule has 1 N–H and O–H groups in total. The summed E-state index contributed by atoms with van der Waals surface area (Å²) < 4.78 is 5.15. The maximum atomic E-state index is 11.8. The lowest BCUT2D eigenvalue weighted by Gasteiger charge is -2.30. The Hall–Kier alpha value is -2.12. The van der Waals surface area contributed by atoms with Crippen LogP contribution in [0.4, 0.5) is 11.5 Å². The molecule has 0 unspecified atom stereocenters. The fourth-order valence-electron chi connectivity index (χ4n) is 3.80. The van der Waals surface area contributed by atoms with Crippen LogP contribution < -0.4 is 5.32 Å². The molecule has 2 aliphatic rings. The predicted octanol–water partition coefficient (Wildman–Crippen LogP) is 3.89. The van der Waals surface area contributed by atoms with Crippen LogP contribution in [0.3, 0.4) is 0 Å². The van der Waals surface area contributed by atoms with Gasteiger partial charge in [0.25, 0.3) is 0 Å². The van der Waals surface area contributed by atoms with E-state index in [0.717, 1.165) is 61.8 Å². The zero-order chi connectivity index (χ0) is 19.3. The Kier molecular flexibility index (Phi) is 6.12. The second-order valence-corrected chi connectivity index (χ2v) is 8.27. The van der Waals surface area contributed by atoms with Gasteiger partial charge in [-0.25, -0.2) is 9.97 Å². The molecule has 0 atom stereocenters. The molecule has 0 bridgehead atoms. The highest BCUT2D eigenvalue weighted by atomic mass is 32.2. The number of nitrogens with one attached hydrogen (secondary N) is 1. The molecule has 0 spiro atoms. The lowest BCUT2D eigenvalue weighted by Crippen LogP contribution is -2.37. The summed E-state index contributed by atoms with van der Waals surface area (Å²) in [6.45, 7) is 5.39.